The van der Waals surface area contributed by atoms with Crippen LogP contribution < -0.4 is 5.73 Å². The van der Waals surface area contributed by atoms with Crippen molar-refractivity contribution in [3.63, 3.8) is 0 Å². The molecule has 1 atom stereocenters. The number of benzene rings is 1. The molecular formula is C8H11NO3. The van der Waals surface area contributed by atoms with Crippen LogP contribution in [0.25, 0.3) is 0 Å². The van der Waals surface area contributed by atoms with Crippen LogP contribution in [-0.4, -0.2) is 21.9 Å². The van der Waals surface area contributed by atoms with Crippen LogP contribution in [0.3, 0.4) is 0 Å². The summed E-state index contributed by atoms with van der Waals surface area (Å²) in [5, 5.41) is 26.9. The predicted molar refractivity (Wildman–Crippen MR) is 43.8 cm³/mol. The molecule has 0 bridgehead atoms. The third-order valence-corrected chi connectivity index (χ3v) is 1.61. The predicted octanol–water partition coefficient (Wildman–Crippen LogP) is 0.0899. The summed E-state index contributed by atoms with van der Waals surface area (Å²) in [6.45, 7) is -0.238. The maximum Gasteiger partial charge on any atom is 0.124 e. The van der Waals surface area contributed by atoms with E-state index in [1.165, 1.54) is 18.2 Å². The van der Waals surface area contributed by atoms with E-state index in [1.54, 1.807) is 0 Å². The molecule has 4 heteroatoms. The van der Waals surface area contributed by atoms with Gasteiger partial charge in [-0.25, -0.2) is 0 Å². The van der Waals surface area contributed by atoms with Gasteiger partial charge < -0.3 is 21.1 Å². The van der Waals surface area contributed by atoms with Crippen molar-refractivity contribution < 1.29 is 15.3 Å². The van der Waals surface area contributed by atoms with Gasteiger partial charge in [-0.15, -0.1) is 0 Å². The van der Waals surface area contributed by atoms with Crippen LogP contribution in [-0.2, 0) is 0 Å². The van der Waals surface area contributed by atoms with E-state index < -0.39 is 6.04 Å². The van der Waals surface area contributed by atoms with Crippen molar-refractivity contribution >= 4 is 0 Å². The number of hydrogen-bond donors (Lipinski definition) is 4. The first-order chi connectivity index (χ1) is 5.65. The molecule has 5 N–H and O–H groups in total. The van der Waals surface area contributed by atoms with Crippen molar-refractivity contribution in [2.75, 3.05) is 6.61 Å². The molecule has 1 rings (SSSR count). The second-order valence-corrected chi connectivity index (χ2v) is 2.53. The van der Waals surface area contributed by atoms with Crippen LogP contribution in [0.1, 0.15) is 11.6 Å². The van der Waals surface area contributed by atoms with Crippen LogP contribution in [0, 0.1) is 0 Å². The molecule has 0 spiro atoms. The van der Waals surface area contributed by atoms with E-state index in [1.807, 2.05) is 0 Å². The summed E-state index contributed by atoms with van der Waals surface area (Å²) in [5.74, 6) is -0.127. The molecule has 0 aliphatic rings. The smallest absolute Gasteiger partial charge is 0.124 e. The van der Waals surface area contributed by atoms with E-state index in [-0.39, 0.29) is 18.1 Å². The van der Waals surface area contributed by atoms with Crippen molar-refractivity contribution in [1.82, 2.24) is 0 Å². The Labute approximate surface area is 69.9 Å². The monoisotopic (exact) mass is 169 g/mol. The van der Waals surface area contributed by atoms with Gasteiger partial charge in [0.25, 0.3) is 0 Å². The fraction of sp³-hybridized carbons (Fsp3) is 0.250. The highest BCUT2D eigenvalue weighted by molar-refractivity contribution is 5.40. The molecule has 0 aliphatic heterocycles. The van der Waals surface area contributed by atoms with Gasteiger partial charge in [0.15, 0.2) is 0 Å². The van der Waals surface area contributed by atoms with Crippen molar-refractivity contribution in [2.24, 2.45) is 5.73 Å². The molecule has 66 valence electrons. The molecule has 0 radical (unpaired) electrons. The third kappa shape index (κ3) is 1.66. The van der Waals surface area contributed by atoms with E-state index in [0.29, 0.717) is 5.56 Å². The lowest BCUT2D eigenvalue weighted by Gasteiger charge is -2.10. The maximum absolute atomic E-state index is 9.24. The minimum absolute atomic E-state index is 0.0265. The first kappa shape index (κ1) is 8.83. The number of aliphatic hydroxyl groups excluding tert-OH is 1. The average molecular weight is 169 g/mol. The van der Waals surface area contributed by atoms with Crippen LogP contribution in [0.4, 0.5) is 0 Å². The molecular weight excluding hydrogens is 158 g/mol. The molecule has 0 aromatic heterocycles. The quantitative estimate of drug-likeness (QED) is 0.505. The van der Waals surface area contributed by atoms with Gasteiger partial charge in [-0.05, 0) is 6.07 Å². The average Bonchev–Trinajstić information content (AvgIpc) is 2.03. The summed E-state index contributed by atoms with van der Waals surface area (Å²) in [4.78, 5) is 0. The summed E-state index contributed by atoms with van der Waals surface area (Å²) in [5.41, 5.74) is 5.88. The van der Waals surface area contributed by atoms with E-state index in [4.69, 9.17) is 15.9 Å². The van der Waals surface area contributed by atoms with Crippen LogP contribution in [0.15, 0.2) is 18.2 Å². The Morgan fingerprint density at radius 2 is 2.00 bits per heavy atom. The molecule has 4 nitrogen and oxygen atoms in total. The Morgan fingerprint density at radius 1 is 1.33 bits per heavy atom. The number of phenols is 2. The van der Waals surface area contributed by atoms with Gasteiger partial charge in [-0.1, -0.05) is 6.07 Å². The number of phenolic OH excluding ortho intramolecular Hbond substituents is 2. The number of rotatable bonds is 2. The zero-order valence-corrected chi connectivity index (χ0v) is 6.44. The lowest BCUT2D eigenvalue weighted by Crippen LogP contribution is -2.14. The molecule has 12 heavy (non-hydrogen) atoms. The van der Waals surface area contributed by atoms with Crippen molar-refractivity contribution in [3.05, 3.63) is 23.8 Å². The third-order valence-electron chi connectivity index (χ3n) is 1.61. The maximum atomic E-state index is 9.24. The lowest BCUT2D eigenvalue weighted by atomic mass is 10.1. The Hall–Kier alpha value is -1.26. The van der Waals surface area contributed by atoms with Crippen LogP contribution in [0.5, 0.6) is 11.5 Å². The highest BCUT2D eigenvalue weighted by Gasteiger charge is 2.09. The van der Waals surface area contributed by atoms with Gasteiger partial charge in [0, 0.05) is 11.6 Å². The van der Waals surface area contributed by atoms with Gasteiger partial charge in [0.1, 0.15) is 11.5 Å². The number of aliphatic hydroxyl groups is 1. The second kappa shape index (κ2) is 3.42. The first-order valence-corrected chi connectivity index (χ1v) is 3.53. The van der Waals surface area contributed by atoms with Gasteiger partial charge in [0.05, 0.1) is 12.6 Å². The largest absolute Gasteiger partial charge is 0.508 e. The second-order valence-electron chi connectivity index (χ2n) is 2.53. The number of hydrogen-bond acceptors (Lipinski definition) is 4. The summed E-state index contributed by atoms with van der Waals surface area (Å²) in [6, 6.07) is 3.46. The van der Waals surface area contributed by atoms with Crippen molar-refractivity contribution in [3.8, 4) is 11.5 Å². The summed E-state index contributed by atoms with van der Waals surface area (Å²) >= 11 is 0. The zero-order chi connectivity index (χ0) is 9.14. The Bertz CT molecular complexity index is 275. The number of aromatic hydroxyl groups is 2. The molecule has 0 amide bonds. The Balaban J connectivity index is 3.01. The molecule has 0 aliphatic carbocycles. The van der Waals surface area contributed by atoms with Crippen molar-refractivity contribution in [2.45, 2.75) is 6.04 Å². The summed E-state index contributed by atoms with van der Waals surface area (Å²) < 4.78 is 0. The SMILES string of the molecule is N[C@H](CO)c1ccc(O)cc1O. The Morgan fingerprint density at radius 3 is 2.50 bits per heavy atom. The molecule has 0 saturated heterocycles. The van der Waals surface area contributed by atoms with E-state index in [2.05, 4.69) is 0 Å². The zero-order valence-electron chi connectivity index (χ0n) is 6.44. The van der Waals surface area contributed by atoms with Crippen LogP contribution >= 0.6 is 0 Å². The van der Waals surface area contributed by atoms with E-state index in [0.717, 1.165) is 0 Å². The highest BCUT2D eigenvalue weighted by atomic mass is 16.3. The van der Waals surface area contributed by atoms with E-state index in [9.17, 15) is 5.11 Å². The van der Waals surface area contributed by atoms with E-state index >= 15 is 0 Å². The normalized spacial score (nSPS) is 12.8. The topological polar surface area (TPSA) is 86.7 Å². The molecule has 0 heterocycles. The Kier molecular flexibility index (Phi) is 2.52. The molecule has 0 unspecified atom stereocenters. The summed E-state index contributed by atoms with van der Waals surface area (Å²) in [7, 11) is 0. The first-order valence-electron chi connectivity index (χ1n) is 3.53. The van der Waals surface area contributed by atoms with Gasteiger partial charge in [0.2, 0.25) is 0 Å². The van der Waals surface area contributed by atoms with Gasteiger partial charge in [-0.2, -0.15) is 0 Å². The summed E-state index contributed by atoms with van der Waals surface area (Å²) in [6.07, 6.45) is 0. The molecule has 0 fully saturated rings. The lowest BCUT2D eigenvalue weighted by molar-refractivity contribution is 0.265. The fourth-order valence-electron chi connectivity index (χ4n) is 0.944. The number of nitrogens with two attached hydrogens (primary N) is 1. The van der Waals surface area contributed by atoms with Crippen molar-refractivity contribution in [1.29, 1.82) is 0 Å². The fourth-order valence-corrected chi connectivity index (χ4v) is 0.944. The van der Waals surface area contributed by atoms with Crippen LogP contribution in [0.2, 0.25) is 0 Å². The minimum Gasteiger partial charge on any atom is -0.508 e. The minimum atomic E-state index is -0.606. The standard InChI is InChI=1S/C8H11NO3/c9-7(4-10)6-2-1-5(11)3-8(6)12/h1-3,7,10-12H,4,9H2/t7-/m1/s1. The highest BCUT2D eigenvalue weighted by Crippen LogP contribution is 2.26. The molecule has 1 aromatic carbocycles. The van der Waals surface area contributed by atoms with Gasteiger partial charge >= 0.3 is 0 Å². The molecule has 1 aromatic rings. The van der Waals surface area contributed by atoms with Gasteiger partial charge in [-0.3, -0.25) is 0 Å². The molecule has 0 saturated carbocycles.